The van der Waals surface area contributed by atoms with E-state index in [1.165, 1.54) is 6.26 Å². The van der Waals surface area contributed by atoms with Crippen LogP contribution in [0.5, 0.6) is 0 Å². The molecule has 0 saturated carbocycles. The van der Waals surface area contributed by atoms with Gasteiger partial charge in [-0.2, -0.15) is 0 Å². The van der Waals surface area contributed by atoms with Gasteiger partial charge in [0.25, 0.3) is 5.91 Å². The highest BCUT2D eigenvalue weighted by Crippen LogP contribution is 2.22. The van der Waals surface area contributed by atoms with Crippen LogP contribution in [-0.4, -0.2) is 29.3 Å². The van der Waals surface area contributed by atoms with E-state index in [9.17, 15) is 9.59 Å². The fourth-order valence-electron chi connectivity index (χ4n) is 2.56. The van der Waals surface area contributed by atoms with Crippen LogP contribution in [-0.2, 0) is 11.3 Å². The maximum absolute atomic E-state index is 12.4. The fourth-order valence-corrected chi connectivity index (χ4v) is 3.95. The van der Waals surface area contributed by atoms with E-state index < -0.39 is 6.04 Å². The molecule has 1 saturated heterocycles. The zero-order chi connectivity index (χ0) is 15.5. The monoisotopic (exact) mass is 382 g/mol. The molecule has 1 N–H and O–H groups in total. The molecule has 2 aromatic rings. The van der Waals surface area contributed by atoms with Crippen LogP contribution in [0.2, 0.25) is 0 Å². The first-order chi connectivity index (χ1) is 10.6. The van der Waals surface area contributed by atoms with Gasteiger partial charge in [-0.1, -0.05) is 0 Å². The normalized spacial score (nSPS) is 17.7. The van der Waals surface area contributed by atoms with Gasteiger partial charge in [0.05, 0.1) is 12.8 Å². The lowest BCUT2D eigenvalue weighted by Crippen LogP contribution is -2.45. The van der Waals surface area contributed by atoms with Crippen molar-refractivity contribution in [3.05, 3.63) is 45.0 Å². The largest absolute Gasteiger partial charge is 0.459 e. The SMILES string of the molecule is O=C(NCc1cc(Br)cs1)[C@H]1CCCN1C(=O)c1ccco1. The first-order valence-corrected chi connectivity index (χ1v) is 8.67. The van der Waals surface area contributed by atoms with Gasteiger partial charge < -0.3 is 14.6 Å². The summed E-state index contributed by atoms with van der Waals surface area (Å²) in [5, 5.41) is 4.89. The highest BCUT2D eigenvalue weighted by atomic mass is 79.9. The number of likely N-dealkylation sites (tertiary alicyclic amines) is 1. The van der Waals surface area contributed by atoms with Gasteiger partial charge in [-0.15, -0.1) is 11.3 Å². The average Bonchev–Trinajstić information content (AvgIpc) is 3.25. The third kappa shape index (κ3) is 3.25. The summed E-state index contributed by atoms with van der Waals surface area (Å²) in [6.07, 6.45) is 2.98. The summed E-state index contributed by atoms with van der Waals surface area (Å²) in [7, 11) is 0. The molecule has 0 bridgehead atoms. The third-order valence-electron chi connectivity index (χ3n) is 3.61. The van der Waals surface area contributed by atoms with Crippen LogP contribution < -0.4 is 5.32 Å². The van der Waals surface area contributed by atoms with Crippen molar-refractivity contribution in [2.45, 2.75) is 25.4 Å². The molecule has 0 spiro atoms. The number of hydrogen-bond donors (Lipinski definition) is 1. The summed E-state index contributed by atoms with van der Waals surface area (Å²) >= 11 is 4.97. The molecule has 1 fully saturated rings. The second kappa shape index (κ2) is 6.66. The smallest absolute Gasteiger partial charge is 0.290 e. The van der Waals surface area contributed by atoms with Gasteiger partial charge in [0, 0.05) is 21.3 Å². The van der Waals surface area contributed by atoms with Crippen molar-refractivity contribution in [3.63, 3.8) is 0 Å². The number of nitrogens with one attached hydrogen (secondary N) is 1. The molecule has 0 unspecified atom stereocenters. The van der Waals surface area contributed by atoms with E-state index in [1.807, 2.05) is 11.4 Å². The number of furan rings is 1. The number of carbonyl (C=O) groups is 2. The number of hydrogen-bond acceptors (Lipinski definition) is 4. The maximum atomic E-state index is 12.4. The Kier molecular flexibility index (Phi) is 4.63. The van der Waals surface area contributed by atoms with Gasteiger partial charge in [0.15, 0.2) is 5.76 Å². The second-order valence-electron chi connectivity index (χ2n) is 5.08. The molecule has 2 aromatic heterocycles. The Hall–Kier alpha value is -1.60. The van der Waals surface area contributed by atoms with Gasteiger partial charge in [-0.25, -0.2) is 0 Å². The highest BCUT2D eigenvalue weighted by Gasteiger charge is 2.35. The van der Waals surface area contributed by atoms with Crippen molar-refractivity contribution in [1.82, 2.24) is 10.2 Å². The molecular formula is C15H15BrN2O3S. The van der Waals surface area contributed by atoms with Crippen LogP contribution in [0.4, 0.5) is 0 Å². The van der Waals surface area contributed by atoms with E-state index in [2.05, 4.69) is 21.2 Å². The van der Waals surface area contributed by atoms with Crippen LogP contribution in [0.25, 0.3) is 0 Å². The Balaban J connectivity index is 1.62. The zero-order valence-electron chi connectivity index (χ0n) is 11.8. The van der Waals surface area contributed by atoms with Gasteiger partial charge in [-0.3, -0.25) is 9.59 Å². The third-order valence-corrected chi connectivity index (χ3v) is 5.30. The highest BCUT2D eigenvalue weighted by molar-refractivity contribution is 9.10. The minimum absolute atomic E-state index is 0.109. The standard InChI is InChI=1S/C15H15BrN2O3S/c16-10-7-11(22-9-10)8-17-14(19)12-3-1-5-18(12)15(20)13-4-2-6-21-13/h2,4,6-7,9,12H,1,3,5,8H2,(H,17,19)/t12-/m1/s1. The van der Waals surface area contributed by atoms with Gasteiger partial charge in [-0.05, 0) is 47.0 Å². The van der Waals surface area contributed by atoms with Crippen molar-refractivity contribution in [2.24, 2.45) is 0 Å². The lowest BCUT2D eigenvalue weighted by molar-refractivity contribution is -0.125. The summed E-state index contributed by atoms with van der Waals surface area (Å²) in [6, 6.07) is 4.86. The lowest BCUT2D eigenvalue weighted by atomic mass is 10.2. The molecule has 0 radical (unpaired) electrons. The molecule has 7 heteroatoms. The molecule has 3 rings (SSSR count). The summed E-state index contributed by atoms with van der Waals surface area (Å²) in [5.41, 5.74) is 0. The molecule has 5 nitrogen and oxygen atoms in total. The molecule has 22 heavy (non-hydrogen) atoms. The summed E-state index contributed by atoms with van der Waals surface area (Å²) in [4.78, 5) is 27.4. The summed E-state index contributed by atoms with van der Waals surface area (Å²) in [6.45, 7) is 1.07. The Labute approximate surface area is 140 Å². The van der Waals surface area contributed by atoms with E-state index in [0.29, 0.717) is 19.5 Å². The zero-order valence-corrected chi connectivity index (χ0v) is 14.2. The number of thiophene rings is 1. The number of rotatable bonds is 4. The first kappa shape index (κ1) is 15.3. The quantitative estimate of drug-likeness (QED) is 0.883. The van der Waals surface area contributed by atoms with Gasteiger partial charge in [0.2, 0.25) is 5.91 Å². The lowest BCUT2D eigenvalue weighted by Gasteiger charge is -2.22. The van der Waals surface area contributed by atoms with Crippen molar-refractivity contribution >= 4 is 39.1 Å². The van der Waals surface area contributed by atoms with E-state index in [-0.39, 0.29) is 17.6 Å². The van der Waals surface area contributed by atoms with E-state index in [0.717, 1.165) is 15.8 Å². The van der Waals surface area contributed by atoms with E-state index >= 15 is 0 Å². The molecule has 1 aliphatic heterocycles. The molecule has 0 aliphatic carbocycles. The molecule has 3 heterocycles. The molecule has 116 valence electrons. The Morgan fingerprint density at radius 2 is 2.36 bits per heavy atom. The van der Waals surface area contributed by atoms with Gasteiger partial charge >= 0.3 is 0 Å². The van der Waals surface area contributed by atoms with Crippen molar-refractivity contribution in [2.75, 3.05) is 6.54 Å². The molecular weight excluding hydrogens is 368 g/mol. The van der Waals surface area contributed by atoms with Crippen LogP contribution in [0.15, 0.2) is 38.7 Å². The van der Waals surface area contributed by atoms with E-state index in [4.69, 9.17) is 4.42 Å². The minimum Gasteiger partial charge on any atom is -0.459 e. The fraction of sp³-hybridized carbons (Fsp3) is 0.333. The van der Waals surface area contributed by atoms with Crippen LogP contribution >= 0.6 is 27.3 Å². The summed E-state index contributed by atoms with van der Waals surface area (Å²) < 4.78 is 6.15. The minimum atomic E-state index is -0.416. The maximum Gasteiger partial charge on any atom is 0.290 e. The van der Waals surface area contributed by atoms with Gasteiger partial charge in [0.1, 0.15) is 6.04 Å². The topological polar surface area (TPSA) is 62.6 Å². The Bertz CT molecular complexity index is 668. The van der Waals surface area contributed by atoms with Crippen LogP contribution in [0, 0.1) is 0 Å². The molecule has 1 atom stereocenters. The number of carbonyl (C=O) groups excluding carboxylic acids is 2. The van der Waals surface area contributed by atoms with Crippen LogP contribution in [0.1, 0.15) is 28.3 Å². The number of nitrogens with zero attached hydrogens (tertiary/aromatic N) is 1. The predicted molar refractivity (Wildman–Crippen MR) is 86.6 cm³/mol. The molecule has 2 amide bonds. The Morgan fingerprint density at radius 1 is 1.50 bits per heavy atom. The Morgan fingerprint density at radius 3 is 3.05 bits per heavy atom. The van der Waals surface area contributed by atoms with Crippen molar-refractivity contribution in [3.8, 4) is 0 Å². The average molecular weight is 383 g/mol. The van der Waals surface area contributed by atoms with Crippen molar-refractivity contribution in [1.29, 1.82) is 0 Å². The second-order valence-corrected chi connectivity index (χ2v) is 6.99. The summed E-state index contributed by atoms with van der Waals surface area (Å²) in [5.74, 6) is -0.0506. The van der Waals surface area contributed by atoms with Crippen molar-refractivity contribution < 1.29 is 14.0 Å². The molecule has 1 aliphatic rings. The predicted octanol–water partition coefficient (Wildman–Crippen LogP) is 3.02. The van der Waals surface area contributed by atoms with E-state index in [1.54, 1.807) is 28.4 Å². The van der Waals surface area contributed by atoms with Crippen LogP contribution in [0.3, 0.4) is 0 Å². The number of amides is 2. The number of halogens is 1. The first-order valence-electron chi connectivity index (χ1n) is 7.00. The molecule has 0 aromatic carbocycles.